The number of rotatable bonds is 8. The highest BCUT2D eigenvalue weighted by Gasteiger charge is 2.54. The van der Waals surface area contributed by atoms with Crippen LogP contribution in [0.2, 0.25) is 0 Å². The van der Waals surface area contributed by atoms with Crippen LogP contribution in [0.25, 0.3) is 0 Å². The number of hydrogen-bond acceptors (Lipinski definition) is 16. The zero-order valence-corrected chi connectivity index (χ0v) is 19.9. The van der Waals surface area contributed by atoms with Gasteiger partial charge in [-0.3, -0.25) is 4.79 Å². The smallest absolute Gasteiger partial charge is 0.335 e. The Balaban J connectivity index is 1.85. The summed E-state index contributed by atoms with van der Waals surface area (Å²) in [5, 5.41) is 103. The van der Waals surface area contributed by atoms with E-state index in [-0.39, 0.29) is 0 Å². The van der Waals surface area contributed by atoms with Crippen molar-refractivity contribution in [3.63, 3.8) is 0 Å². The first-order chi connectivity index (χ1) is 17.8. The van der Waals surface area contributed by atoms with Crippen molar-refractivity contribution in [2.24, 2.45) is 0 Å². The number of aliphatic hydroxyl groups excluding tert-OH is 9. The number of carbonyl (C=O) groups excluding carboxylic acids is 1. The number of aliphatic carboxylic acids is 1. The van der Waals surface area contributed by atoms with Crippen LogP contribution in [0.15, 0.2) is 0 Å². The van der Waals surface area contributed by atoms with Crippen molar-refractivity contribution in [1.29, 1.82) is 0 Å². The molecule has 0 aromatic carbocycles. The largest absolute Gasteiger partial charge is 0.479 e. The average molecular weight is 559 g/mol. The second kappa shape index (κ2) is 12.7. The van der Waals surface area contributed by atoms with Crippen molar-refractivity contribution in [2.45, 2.75) is 99.0 Å². The van der Waals surface area contributed by atoms with E-state index < -0.39 is 117 Å². The molecule has 3 rings (SSSR count). The number of hydrogen-bond donors (Lipinski definition) is 11. The molecular weight excluding hydrogens is 526 g/mol. The van der Waals surface area contributed by atoms with E-state index in [1.54, 1.807) is 0 Å². The van der Waals surface area contributed by atoms with Crippen LogP contribution in [0.5, 0.6) is 0 Å². The fraction of sp³-hybridized carbons (Fsp3) is 0.900. The number of carboxylic acids is 1. The summed E-state index contributed by atoms with van der Waals surface area (Å²) in [5.74, 6) is -2.39. The van der Waals surface area contributed by atoms with E-state index in [0.717, 1.165) is 6.92 Å². The van der Waals surface area contributed by atoms with Gasteiger partial charge in [0.05, 0.1) is 13.2 Å². The highest BCUT2D eigenvalue weighted by Crippen LogP contribution is 2.32. The molecule has 1 amide bonds. The summed E-state index contributed by atoms with van der Waals surface area (Å²) in [6.45, 7) is -0.569. The monoisotopic (exact) mass is 559 g/mol. The Kier molecular flexibility index (Phi) is 10.3. The normalized spacial score (nSPS) is 47.9. The summed E-state index contributed by atoms with van der Waals surface area (Å²) in [6, 6.07) is -1.45. The van der Waals surface area contributed by atoms with Gasteiger partial charge >= 0.3 is 5.97 Å². The lowest BCUT2D eigenvalue weighted by Crippen LogP contribution is -2.68. The van der Waals surface area contributed by atoms with Crippen LogP contribution in [0.1, 0.15) is 6.92 Å². The highest BCUT2D eigenvalue weighted by molar-refractivity contribution is 5.73. The van der Waals surface area contributed by atoms with Gasteiger partial charge in [0.2, 0.25) is 5.91 Å². The first kappa shape index (κ1) is 30.9. The van der Waals surface area contributed by atoms with E-state index in [1.807, 2.05) is 0 Å². The molecule has 3 aliphatic rings. The predicted octanol–water partition coefficient (Wildman–Crippen LogP) is -7.34. The standard InChI is InChI=1S/C20H33NO17/c1-4(24)21-7-14(8(25)5(2-22)34-18(7)33)36-20-13(30)15(9(26)6(3-23)35-20)37-19-12(29)10(27)11(28)16(38-19)17(31)32/h5-16,18-20,22-23,25-30,33H,2-3H2,1H3,(H,21,24)(H,31,32)/t5-,6-,7-,8-,9+,10+,11+,12-,13-,14-,15+,16+,18?,19-,20+/m1/s1. The van der Waals surface area contributed by atoms with Gasteiger partial charge in [-0.2, -0.15) is 0 Å². The van der Waals surface area contributed by atoms with Crippen molar-refractivity contribution in [1.82, 2.24) is 5.32 Å². The first-order valence-corrected chi connectivity index (χ1v) is 11.6. The molecule has 15 atom stereocenters. The van der Waals surface area contributed by atoms with E-state index in [1.165, 1.54) is 0 Å². The maximum Gasteiger partial charge on any atom is 0.335 e. The minimum Gasteiger partial charge on any atom is -0.479 e. The van der Waals surface area contributed by atoms with Gasteiger partial charge in [0, 0.05) is 6.92 Å². The van der Waals surface area contributed by atoms with E-state index in [9.17, 15) is 60.7 Å². The summed E-state index contributed by atoms with van der Waals surface area (Å²) < 4.78 is 26.4. The summed E-state index contributed by atoms with van der Waals surface area (Å²) >= 11 is 0. The Morgan fingerprint density at radius 2 is 1.24 bits per heavy atom. The Bertz CT molecular complexity index is 818. The molecule has 11 N–H and O–H groups in total. The van der Waals surface area contributed by atoms with Gasteiger partial charge in [-0.1, -0.05) is 0 Å². The lowest BCUT2D eigenvalue weighted by atomic mass is 9.95. The maximum atomic E-state index is 11.6. The number of amides is 1. The molecule has 0 aromatic rings. The number of ether oxygens (including phenoxy) is 5. The van der Waals surface area contributed by atoms with Crippen LogP contribution in [0.3, 0.4) is 0 Å². The summed E-state index contributed by atoms with van der Waals surface area (Å²) in [5.41, 5.74) is 0. The van der Waals surface area contributed by atoms with Crippen molar-refractivity contribution in [2.75, 3.05) is 13.2 Å². The van der Waals surface area contributed by atoms with Crippen molar-refractivity contribution in [3.05, 3.63) is 0 Å². The molecule has 3 aliphatic heterocycles. The fourth-order valence-corrected chi connectivity index (χ4v) is 4.44. The third-order valence-electron chi connectivity index (χ3n) is 6.46. The van der Waals surface area contributed by atoms with Crippen LogP contribution in [0, 0.1) is 0 Å². The topological polar surface area (TPSA) is 295 Å². The van der Waals surface area contributed by atoms with Crippen molar-refractivity contribution < 1.29 is 84.3 Å². The Morgan fingerprint density at radius 3 is 1.79 bits per heavy atom. The molecule has 0 saturated carbocycles. The molecule has 0 radical (unpaired) electrons. The SMILES string of the molecule is CC(=O)N[C@H]1C(O)O[C@H](CO)[C@@H](O)[C@@H]1O[C@@H]1O[C@H](CO)[C@H](O)[C@H](O[C@@H]2O[C@H](C(=O)O)[C@@H](O)[C@H](O)[C@H]2O)[C@H]1O. The maximum absolute atomic E-state index is 11.6. The fourth-order valence-electron chi connectivity index (χ4n) is 4.44. The zero-order chi connectivity index (χ0) is 28.5. The molecular formula is C20H33NO17. The van der Waals surface area contributed by atoms with Crippen molar-refractivity contribution >= 4 is 11.9 Å². The molecule has 220 valence electrons. The van der Waals surface area contributed by atoms with Gasteiger partial charge < -0.3 is 80.1 Å². The predicted molar refractivity (Wildman–Crippen MR) is 113 cm³/mol. The Morgan fingerprint density at radius 1 is 0.711 bits per heavy atom. The van der Waals surface area contributed by atoms with Crippen LogP contribution in [-0.2, 0) is 33.3 Å². The highest BCUT2D eigenvalue weighted by atomic mass is 16.7. The van der Waals surface area contributed by atoms with Gasteiger partial charge in [-0.05, 0) is 0 Å². The molecule has 0 bridgehead atoms. The molecule has 1 unspecified atom stereocenters. The lowest BCUT2D eigenvalue weighted by Gasteiger charge is -2.48. The molecule has 38 heavy (non-hydrogen) atoms. The van der Waals surface area contributed by atoms with Crippen LogP contribution in [-0.4, -0.2) is 168 Å². The third kappa shape index (κ3) is 6.24. The molecule has 3 saturated heterocycles. The minimum absolute atomic E-state index is 0.673. The van der Waals surface area contributed by atoms with Crippen molar-refractivity contribution in [3.8, 4) is 0 Å². The van der Waals surface area contributed by atoms with E-state index in [0.29, 0.717) is 0 Å². The number of nitrogens with one attached hydrogen (secondary N) is 1. The second-order valence-electron chi connectivity index (χ2n) is 9.11. The van der Waals surface area contributed by atoms with E-state index in [4.69, 9.17) is 23.7 Å². The molecule has 18 nitrogen and oxygen atoms in total. The number of aliphatic hydroxyl groups is 9. The molecule has 3 fully saturated rings. The quantitative estimate of drug-likeness (QED) is 0.132. The summed E-state index contributed by atoms with van der Waals surface area (Å²) in [4.78, 5) is 23.0. The van der Waals surface area contributed by atoms with Crippen LogP contribution in [0.4, 0.5) is 0 Å². The van der Waals surface area contributed by atoms with E-state index in [2.05, 4.69) is 5.32 Å². The summed E-state index contributed by atoms with van der Waals surface area (Å²) in [7, 11) is 0. The molecule has 3 heterocycles. The molecule has 0 aliphatic carbocycles. The number of carbonyl (C=O) groups is 2. The zero-order valence-electron chi connectivity index (χ0n) is 19.9. The van der Waals surface area contributed by atoms with Gasteiger partial charge in [-0.15, -0.1) is 0 Å². The molecule has 0 spiro atoms. The van der Waals surface area contributed by atoms with Gasteiger partial charge in [0.15, 0.2) is 25.0 Å². The Labute approximate surface area is 214 Å². The second-order valence-corrected chi connectivity index (χ2v) is 9.11. The Hall–Kier alpha value is -1.62. The summed E-state index contributed by atoms with van der Waals surface area (Å²) in [6.07, 6.45) is -25.8. The first-order valence-electron chi connectivity index (χ1n) is 11.6. The van der Waals surface area contributed by atoms with Gasteiger partial charge in [0.25, 0.3) is 0 Å². The number of carboxylic acid groups (broad SMARTS) is 1. The molecule has 0 aromatic heterocycles. The average Bonchev–Trinajstić information content (AvgIpc) is 2.86. The third-order valence-corrected chi connectivity index (χ3v) is 6.46. The van der Waals surface area contributed by atoms with Gasteiger partial charge in [-0.25, -0.2) is 4.79 Å². The van der Waals surface area contributed by atoms with Gasteiger partial charge in [0.1, 0.15) is 67.1 Å². The lowest BCUT2D eigenvalue weighted by molar-refractivity contribution is -0.370. The van der Waals surface area contributed by atoms with E-state index >= 15 is 0 Å². The molecule has 18 heteroatoms. The van der Waals surface area contributed by atoms with Crippen LogP contribution < -0.4 is 5.32 Å². The van der Waals surface area contributed by atoms with Crippen LogP contribution >= 0.6 is 0 Å². The minimum atomic E-state index is -2.06.